The van der Waals surface area contributed by atoms with Gasteiger partial charge >= 0.3 is 5.97 Å². The molecule has 0 bridgehead atoms. The summed E-state index contributed by atoms with van der Waals surface area (Å²) in [6, 6.07) is 9.57. The van der Waals surface area contributed by atoms with Crippen LogP contribution in [-0.4, -0.2) is 29.6 Å². The zero-order valence-electron chi connectivity index (χ0n) is 14.1. The maximum Gasteiger partial charge on any atom is 0.337 e. The van der Waals surface area contributed by atoms with Gasteiger partial charge in [-0.2, -0.15) is 0 Å². The standard InChI is InChI=1S/C19H16FN3O3/c1-26-19(25)11-7-8-14-15(10-11)21-17(18(24)22-14)23-9-3-4-12-13(20)5-2-6-16(12)23/h2,5-8,10H,3-4,9H2,1H3,(H,22,24). The number of methoxy groups -OCH3 is 1. The fourth-order valence-corrected chi connectivity index (χ4v) is 3.30. The molecule has 2 heterocycles. The van der Waals surface area contributed by atoms with Crippen molar-refractivity contribution < 1.29 is 13.9 Å². The number of rotatable bonds is 2. The molecule has 26 heavy (non-hydrogen) atoms. The molecule has 132 valence electrons. The van der Waals surface area contributed by atoms with Crippen molar-refractivity contribution in [1.82, 2.24) is 9.97 Å². The first-order chi connectivity index (χ1) is 12.6. The fraction of sp³-hybridized carbons (Fsp3) is 0.211. The van der Waals surface area contributed by atoms with Crippen LogP contribution >= 0.6 is 0 Å². The molecule has 0 unspecified atom stereocenters. The van der Waals surface area contributed by atoms with Crippen LogP contribution in [0.3, 0.4) is 0 Å². The molecule has 0 amide bonds. The number of hydrogen-bond donors (Lipinski definition) is 1. The number of halogens is 1. The maximum absolute atomic E-state index is 14.1. The molecule has 6 nitrogen and oxygen atoms in total. The molecule has 1 N–H and O–H groups in total. The third kappa shape index (κ3) is 2.61. The number of carbonyl (C=O) groups excluding carboxylic acids is 1. The van der Waals surface area contributed by atoms with E-state index < -0.39 is 5.97 Å². The minimum Gasteiger partial charge on any atom is -0.465 e. The summed E-state index contributed by atoms with van der Waals surface area (Å²) in [5.74, 6) is -0.574. The lowest BCUT2D eigenvalue weighted by Crippen LogP contribution is -2.31. The van der Waals surface area contributed by atoms with Crippen molar-refractivity contribution in [2.45, 2.75) is 12.8 Å². The zero-order chi connectivity index (χ0) is 18.3. The van der Waals surface area contributed by atoms with E-state index in [0.717, 1.165) is 6.42 Å². The van der Waals surface area contributed by atoms with E-state index in [9.17, 15) is 14.0 Å². The highest BCUT2D eigenvalue weighted by Crippen LogP contribution is 2.32. The monoisotopic (exact) mass is 353 g/mol. The number of anilines is 2. The number of carbonyl (C=O) groups is 1. The van der Waals surface area contributed by atoms with Crippen molar-refractivity contribution in [3.63, 3.8) is 0 Å². The summed E-state index contributed by atoms with van der Waals surface area (Å²) in [6.07, 6.45) is 1.34. The van der Waals surface area contributed by atoms with Gasteiger partial charge in [0.25, 0.3) is 5.56 Å². The molecule has 0 spiro atoms. The average Bonchev–Trinajstić information content (AvgIpc) is 2.66. The van der Waals surface area contributed by atoms with E-state index >= 15 is 0 Å². The highest BCUT2D eigenvalue weighted by atomic mass is 19.1. The molecular weight excluding hydrogens is 337 g/mol. The Morgan fingerprint density at radius 1 is 1.31 bits per heavy atom. The summed E-state index contributed by atoms with van der Waals surface area (Å²) in [4.78, 5) is 33.3. The van der Waals surface area contributed by atoms with Gasteiger partial charge in [-0.25, -0.2) is 14.2 Å². The molecule has 3 aromatic rings. The van der Waals surface area contributed by atoms with Gasteiger partial charge in [0.1, 0.15) is 5.82 Å². The number of ether oxygens (including phenoxy) is 1. The molecule has 0 saturated carbocycles. The van der Waals surface area contributed by atoms with Crippen LogP contribution in [0.4, 0.5) is 15.9 Å². The third-order valence-corrected chi connectivity index (χ3v) is 4.55. The number of nitrogens with one attached hydrogen (secondary N) is 1. The second-order valence-corrected chi connectivity index (χ2v) is 6.11. The summed E-state index contributed by atoms with van der Waals surface area (Å²) in [5.41, 5.74) is 2.20. The minimum atomic E-state index is -0.480. The molecule has 4 rings (SSSR count). The predicted octanol–water partition coefficient (Wildman–Crippen LogP) is 2.93. The number of H-pyrrole nitrogens is 1. The van der Waals surface area contributed by atoms with Crippen LogP contribution in [0.2, 0.25) is 0 Å². The summed E-state index contributed by atoms with van der Waals surface area (Å²) >= 11 is 0. The van der Waals surface area contributed by atoms with Crippen LogP contribution in [0.15, 0.2) is 41.2 Å². The van der Waals surface area contributed by atoms with Crippen molar-refractivity contribution in [1.29, 1.82) is 0 Å². The molecule has 1 aliphatic heterocycles. The van der Waals surface area contributed by atoms with Crippen LogP contribution < -0.4 is 10.5 Å². The largest absolute Gasteiger partial charge is 0.465 e. The predicted molar refractivity (Wildman–Crippen MR) is 95.4 cm³/mol. The molecule has 0 atom stereocenters. The van der Waals surface area contributed by atoms with Gasteiger partial charge in [0, 0.05) is 17.8 Å². The van der Waals surface area contributed by atoms with Crippen LogP contribution in [0, 0.1) is 5.82 Å². The van der Waals surface area contributed by atoms with Gasteiger partial charge in [-0.3, -0.25) is 4.79 Å². The lowest BCUT2D eigenvalue weighted by atomic mass is 10.0. The van der Waals surface area contributed by atoms with E-state index in [2.05, 4.69) is 9.97 Å². The van der Waals surface area contributed by atoms with E-state index in [-0.39, 0.29) is 17.2 Å². The van der Waals surface area contributed by atoms with Crippen LogP contribution in [0.25, 0.3) is 11.0 Å². The molecular formula is C19H16FN3O3. The molecule has 0 saturated heterocycles. The first-order valence-electron chi connectivity index (χ1n) is 8.26. The Labute approximate surface area is 148 Å². The Kier molecular flexibility index (Phi) is 3.91. The lowest BCUT2D eigenvalue weighted by molar-refractivity contribution is 0.0601. The first kappa shape index (κ1) is 16.3. The van der Waals surface area contributed by atoms with Crippen molar-refractivity contribution in [3.8, 4) is 0 Å². The number of esters is 1. The van der Waals surface area contributed by atoms with Gasteiger partial charge < -0.3 is 14.6 Å². The SMILES string of the molecule is COC(=O)c1ccc2[nH]c(=O)c(N3CCCc4c(F)cccc43)nc2c1. The molecule has 2 aromatic carbocycles. The highest BCUT2D eigenvalue weighted by Gasteiger charge is 2.24. The van der Waals surface area contributed by atoms with Gasteiger partial charge in [-0.15, -0.1) is 0 Å². The number of fused-ring (bicyclic) bond motifs is 2. The van der Waals surface area contributed by atoms with Crippen molar-refractivity contribution in [3.05, 3.63) is 63.7 Å². The van der Waals surface area contributed by atoms with Crippen LogP contribution in [-0.2, 0) is 11.2 Å². The smallest absolute Gasteiger partial charge is 0.337 e. The molecule has 0 aliphatic carbocycles. The number of benzene rings is 2. The topological polar surface area (TPSA) is 75.3 Å². The summed E-state index contributed by atoms with van der Waals surface area (Å²) in [5, 5.41) is 0. The van der Waals surface area contributed by atoms with E-state index in [1.54, 1.807) is 35.2 Å². The second kappa shape index (κ2) is 6.25. The van der Waals surface area contributed by atoms with Gasteiger partial charge in [-0.05, 0) is 43.2 Å². The van der Waals surface area contributed by atoms with Crippen molar-refractivity contribution >= 4 is 28.5 Å². The van der Waals surface area contributed by atoms with E-state index in [1.807, 2.05) is 0 Å². The summed E-state index contributed by atoms with van der Waals surface area (Å²) < 4.78 is 18.8. The van der Waals surface area contributed by atoms with Crippen LogP contribution in [0.1, 0.15) is 22.3 Å². The Morgan fingerprint density at radius 3 is 2.96 bits per heavy atom. The Hall–Kier alpha value is -3.22. The third-order valence-electron chi connectivity index (χ3n) is 4.55. The maximum atomic E-state index is 14.1. The lowest BCUT2D eigenvalue weighted by Gasteiger charge is -2.30. The summed E-state index contributed by atoms with van der Waals surface area (Å²) in [7, 11) is 1.30. The van der Waals surface area contributed by atoms with Gasteiger partial charge in [-0.1, -0.05) is 6.07 Å². The second-order valence-electron chi connectivity index (χ2n) is 6.11. The quantitative estimate of drug-likeness (QED) is 0.717. The van der Waals surface area contributed by atoms with E-state index in [0.29, 0.717) is 40.8 Å². The first-order valence-corrected chi connectivity index (χ1v) is 8.26. The minimum absolute atomic E-state index is 0.186. The number of aromatic amines is 1. The average molecular weight is 353 g/mol. The molecule has 7 heteroatoms. The van der Waals surface area contributed by atoms with Crippen molar-refractivity contribution in [2.24, 2.45) is 0 Å². The van der Waals surface area contributed by atoms with Crippen LogP contribution in [0.5, 0.6) is 0 Å². The van der Waals surface area contributed by atoms with E-state index in [1.165, 1.54) is 13.2 Å². The normalized spacial score (nSPS) is 13.5. The Bertz CT molecular complexity index is 1080. The number of hydrogen-bond acceptors (Lipinski definition) is 5. The van der Waals surface area contributed by atoms with E-state index in [4.69, 9.17) is 4.74 Å². The van der Waals surface area contributed by atoms with Gasteiger partial charge in [0.05, 0.1) is 23.7 Å². The zero-order valence-corrected chi connectivity index (χ0v) is 14.1. The Balaban J connectivity index is 1.87. The highest BCUT2D eigenvalue weighted by molar-refractivity contribution is 5.93. The molecule has 0 fully saturated rings. The fourth-order valence-electron chi connectivity index (χ4n) is 3.30. The van der Waals surface area contributed by atoms with Gasteiger partial charge in [0.2, 0.25) is 0 Å². The molecule has 1 aromatic heterocycles. The number of aromatic nitrogens is 2. The van der Waals surface area contributed by atoms with Gasteiger partial charge in [0.15, 0.2) is 5.82 Å². The molecule has 0 radical (unpaired) electrons. The molecule has 1 aliphatic rings. The number of nitrogens with zero attached hydrogens (tertiary/aromatic N) is 2. The Morgan fingerprint density at radius 2 is 2.15 bits per heavy atom. The summed E-state index contributed by atoms with van der Waals surface area (Å²) in [6.45, 7) is 0.564. The van der Waals surface area contributed by atoms with Crippen molar-refractivity contribution in [2.75, 3.05) is 18.6 Å².